The molecule has 0 unspecified atom stereocenters. The highest BCUT2D eigenvalue weighted by Gasteiger charge is 2.30. The number of hydrogen-bond donors (Lipinski definition) is 1. The molecule has 2 aromatic heterocycles. The van der Waals surface area contributed by atoms with Crippen LogP contribution in [0.4, 0.5) is 14.9 Å². The Labute approximate surface area is 121 Å². The van der Waals surface area contributed by atoms with Crippen LogP contribution < -0.4 is 5.32 Å². The third-order valence-electron chi connectivity index (χ3n) is 3.62. The van der Waals surface area contributed by atoms with Gasteiger partial charge in [-0.1, -0.05) is 0 Å². The van der Waals surface area contributed by atoms with E-state index < -0.39 is 5.82 Å². The number of hydrogen-bond acceptors (Lipinski definition) is 3. The van der Waals surface area contributed by atoms with Crippen LogP contribution in [0.25, 0.3) is 0 Å². The summed E-state index contributed by atoms with van der Waals surface area (Å²) >= 11 is 0. The van der Waals surface area contributed by atoms with Gasteiger partial charge in [0.15, 0.2) is 5.82 Å². The number of urea groups is 1. The zero-order valence-corrected chi connectivity index (χ0v) is 11.4. The lowest BCUT2D eigenvalue weighted by Gasteiger charge is -2.25. The smallest absolute Gasteiger partial charge is 0.317 e. The average molecular weight is 286 g/mol. The Morgan fingerprint density at radius 1 is 1.24 bits per heavy atom. The zero-order chi connectivity index (χ0) is 14.7. The van der Waals surface area contributed by atoms with E-state index in [1.165, 1.54) is 12.3 Å². The first-order chi connectivity index (χ1) is 10.3. The van der Waals surface area contributed by atoms with Crippen molar-refractivity contribution in [1.82, 2.24) is 14.9 Å². The molecule has 0 radical (unpaired) electrons. The molecule has 2 aromatic rings. The van der Waals surface area contributed by atoms with Gasteiger partial charge in [0.05, 0.1) is 17.9 Å². The standard InChI is InChI=1S/C15H15FN4O/c16-12-10-18-8-5-13(12)19-15(21)20-9-1-2-14(20)11-3-6-17-7-4-11/h3-8,10,14H,1-2,9H2,(H,18,19,21)/t14-/m0/s1. The fraction of sp³-hybridized carbons (Fsp3) is 0.267. The van der Waals surface area contributed by atoms with E-state index in [4.69, 9.17) is 0 Å². The molecule has 3 heterocycles. The van der Waals surface area contributed by atoms with Crippen LogP contribution in [-0.2, 0) is 0 Å². The predicted octanol–water partition coefficient (Wildman–Crippen LogP) is 2.98. The maximum absolute atomic E-state index is 13.6. The molecule has 1 aliphatic rings. The average Bonchev–Trinajstić information content (AvgIpc) is 3.00. The van der Waals surface area contributed by atoms with Gasteiger partial charge in [-0.25, -0.2) is 9.18 Å². The Hall–Kier alpha value is -2.50. The Morgan fingerprint density at radius 2 is 2.00 bits per heavy atom. The lowest BCUT2D eigenvalue weighted by Crippen LogP contribution is -2.34. The molecule has 6 heteroatoms. The van der Waals surface area contributed by atoms with Gasteiger partial charge in [0.2, 0.25) is 0 Å². The topological polar surface area (TPSA) is 58.1 Å². The van der Waals surface area contributed by atoms with E-state index in [1.807, 2.05) is 12.1 Å². The third-order valence-corrected chi connectivity index (χ3v) is 3.62. The first-order valence-electron chi connectivity index (χ1n) is 6.83. The van der Waals surface area contributed by atoms with E-state index in [0.29, 0.717) is 6.54 Å². The maximum Gasteiger partial charge on any atom is 0.322 e. The van der Waals surface area contributed by atoms with E-state index in [-0.39, 0.29) is 17.8 Å². The Bertz CT molecular complexity index is 635. The second kappa shape index (κ2) is 5.87. The number of carbonyl (C=O) groups is 1. The summed E-state index contributed by atoms with van der Waals surface area (Å²) in [5.41, 5.74) is 1.20. The highest BCUT2D eigenvalue weighted by molar-refractivity contribution is 5.89. The molecule has 3 rings (SSSR count). The van der Waals surface area contributed by atoms with Crippen LogP contribution in [0.15, 0.2) is 43.0 Å². The van der Waals surface area contributed by atoms with Gasteiger partial charge in [0.25, 0.3) is 0 Å². The van der Waals surface area contributed by atoms with Crippen LogP contribution in [0, 0.1) is 5.82 Å². The molecule has 0 spiro atoms. The fourth-order valence-corrected chi connectivity index (χ4v) is 2.61. The second-order valence-electron chi connectivity index (χ2n) is 4.92. The van der Waals surface area contributed by atoms with Crippen molar-refractivity contribution in [1.29, 1.82) is 0 Å². The summed E-state index contributed by atoms with van der Waals surface area (Å²) in [5.74, 6) is -0.537. The summed E-state index contributed by atoms with van der Waals surface area (Å²) in [6.07, 6.45) is 7.79. The number of amides is 2. The van der Waals surface area contributed by atoms with Crippen LogP contribution in [0.1, 0.15) is 24.4 Å². The number of anilines is 1. The van der Waals surface area contributed by atoms with E-state index in [9.17, 15) is 9.18 Å². The lowest BCUT2D eigenvalue weighted by atomic mass is 10.1. The molecular formula is C15H15FN4O. The minimum atomic E-state index is -0.537. The second-order valence-corrected chi connectivity index (χ2v) is 4.92. The van der Waals surface area contributed by atoms with E-state index >= 15 is 0 Å². The van der Waals surface area contributed by atoms with Gasteiger partial charge < -0.3 is 10.2 Å². The van der Waals surface area contributed by atoms with E-state index in [2.05, 4.69) is 15.3 Å². The van der Waals surface area contributed by atoms with Gasteiger partial charge in [-0.15, -0.1) is 0 Å². The quantitative estimate of drug-likeness (QED) is 0.923. The predicted molar refractivity (Wildman–Crippen MR) is 76.1 cm³/mol. The molecule has 0 aromatic carbocycles. The number of nitrogens with one attached hydrogen (secondary N) is 1. The highest BCUT2D eigenvalue weighted by atomic mass is 19.1. The van der Waals surface area contributed by atoms with Crippen molar-refractivity contribution < 1.29 is 9.18 Å². The van der Waals surface area contributed by atoms with Gasteiger partial charge in [-0.05, 0) is 36.6 Å². The molecule has 108 valence electrons. The molecule has 1 saturated heterocycles. The van der Waals surface area contributed by atoms with Crippen molar-refractivity contribution in [2.24, 2.45) is 0 Å². The summed E-state index contributed by atoms with van der Waals surface area (Å²) in [6.45, 7) is 0.658. The van der Waals surface area contributed by atoms with Crippen molar-refractivity contribution in [2.45, 2.75) is 18.9 Å². The molecule has 21 heavy (non-hydrogen) atoms. The van der Waals surface area contributed by atoms with Crippen LogP contribution in [0.5, 0.6) is 0 Å². The van der Waals surface area contributed by atoms with Gasteiger partial charge in [-0.3, -0.25) is 9.97 Å². The minimum Gasteiger partial charge on any atom is -0.317 e. The Balaban J connectivity index is 1.76. The summed E-state index contributed by atoms with van der Waals surface area (Å²) in [7, 11) is 0. The van der Waals surface area contributed by atoms with Gasteiger partial charge in [-0.2, -0.15) is 0 Å². The van der Waals surface area contributed by atoms with Crippen molar-refractivity contribution in [3.8, 4) is 0 Å². The Kier molecular flexibility index (Phi) is 3.77. The first-order valence-corrected chi connectivity index (χ1v) is 6.83. The molecule has 0 saturated carbocycles. The summed E-state index contributed by atoms with van der Waals surface area (Å²) < 4.78 is 13.6. The number of pyridine rings is 2. The number of aromatic nitrogens is 2. The summed E-state index contributed by atoms with van der Waals surface area (Å²) in [4.78, 5) is 21.7. The molecule has 1 atom stereocenters. The molecule has 0 bridgehead atoms. The zero-order valence-electron chi connectivity index (χ0n) is 11.4. The van der Waals surface area contributed by atoms with Crippen molar-refractivity contribution >= 4 is 11.7 Å². The molecule has 0 aliphatic carbocycles. The summed E-state index contributed by atoms with van der Waals surface area (Å²) in [5, 5.41) is 2.61. The van der Waals surface area contributed by atoms with Crippen LogP contribution in [-0.4, -0.2) is 27.4 Å². The molecule has 1 N–H and O–H groups in total. The molecular weight excluding hydrogens is 271 g/mol. The number of carbonyl (C=O) groups excluding carboxylic acids is 1. The third kappa shape index (κ3) is 2.84. The number of rotatable bonds is 2. The number of nitrogens with zero attached hydrogens (tertiary/aromatic N) is 3. The number of halogens is 1. The van der Waals surface area contributed by atoms with Crippen molar-refractivity contribution in [3.63, 3.8) is 0 Å². The van der Waals surface area contributed by atoms with Crippen molar-refractivity contribution in [2.75, 3.05) is 11.9 Å². The van der Waals surface area contributed by atoms with Gasteiger partial charge in [0, 0.05) is 25.1 Å². The van der Waals surface area contributed by atoms with Crippen LogP contribution in [0.2, 0.25) is 0 Å². The monoisotopic (exact) mass is 286 g/mol. The first kappa shape index (κ1) is 13.5. The van der Waals surface area contributed by atoms with Crippen molar-refractivity contribution in [3.05, 3.63) is 54.4 Å². The molecule has 1 aliphatic heterocycles. The molecule has 2 amide bonds. The van der Waals surface area contributed by atoms with E-state index in [0.717, 1.165) is 24.6 Å². The molecule has 5 nitrogen and oxygen atoms in total. The minimum absolute atomic E-state index is 0.0119. The summed E-state index contributed by atoms with van der Waals surface area (Å²) in [6, 6.07) is 4.98. The Morgan fingerprint density at radius 3 is 2.76 bits per heavy atom. The maximum atomic E-state index is 13.6. The normalized spacial score (nSPS) is 17.8. The lowest BCUT2D eigenvalue weighted by molar-refractivity contribution is 0.207. The van der Waals surface area contributed by atoms with Gasteiger partial charge in [0.1, 0.15) is 0 Å². The highest BCUT2D eigenvalue weighted by Crippen LogP contribution is 2.32. The van der Waals surface area contributed by atoms with E-state index in [1.54, 1.807) is 17.3 Å². The molecule has 1 fully saturated rings. The SMILES string of the molecule is O=C(Nc1ccncc1F)N1CCC[C@H]1c1ccncc1. The van der Waals surface area contributed by atoms with Crippen LogP contribution in [0.3, 0.4) is 0 Å². The van der Waals surface area contributed by atoms with Crippen LogP contribution >= 0.6 is 0 Å². The number of likely N-dealkylation sites (tertiary alicyclic amines) is 1. The largest absolute Gasteiger partial charge is 0.322 e. The fourth-order valence-electron chi connectivity index (χ4n) is 2.61. The van der Waals surface area contributed by atoms with Gasteiger partial charge >= 0.3 is 6.03 Å².